The van der Waals surface area contributed by atoms with E-state index in [1.54, 1.807) is 0 Å². The lowest BCUT2D eigenvalue weighted by molar-refractivity contribution is 0.375. The fraction of sp³-hybridized carbons (Fsp3) is 0.600. The van der Waals surface area contributed by atoms with Gasteiger partial charge in [0.25, 0.3) is 0 Å². The van der Waals surface area contributed by atoms with E-state index in [1.165, 1.54) is 22.5 Å². The molecule has 0 radical (unpaired) electrons. The van der Waals surface area contributed by atoms with Gasteiger partial charge in [-0.1, -0.05) is 20.8 Å². The maximum atomic E-state index is 13.7. The summed E-state index contributed by atoms with van der Waals surface area (Å²) in [6.07, 6.45) is 0.845. The number of benzene rings is 1. The predicted octanol–water partition coefficient (Wildman–Crippen LogP) is 2.36. The van der Waals surface area contributed by atoms with Crippen LogP contribution in [-0.4, -0.2) is 32.4 Å². The van der Waals surface area contributed by atoms with E-state index < -0.39 is 10.0 Å². The minimum Gasteiger partial charge on any atom is -0.313 e. The minimum atomic E-state index is -3.54. The van der Waals surface area contributed by atoms with Crippen LogP contribution >= 0.6 is 0 Å². The second-order valence-electron chi connectivity index (χ2n) is 6.29. The van der Waals surface area contributed by atoms with Gasteiger partial charge in [0.15, 0.2) is 0 Å². The first-order valence-corrected chi connectivity index (χ1v) is 8.69. The molecule has 0 unspecified atom stereocenters. The van der Waals surface area contributed by atoms with Gasteiger partial charge in [0.05, 0.1) is 4.90 Å². The highest BCUT2D eigenvalue weighted by molar-refractivity contribution is 7.89. The largest absolute Gasteiger partial charge is 0.313 e. The molecule has 1 aliphatic rings. The molecule has 1 saturated heterocycles. The van der Waals surface area contributed by atoms with Crippen LogP contribution in [0.2, 0.25) is 0 Å². The van der Waals surface area contributed by atoms with Gasteiger partial charge < -0.3 is 5.32 Å². The molecule has 6 heteroatoms. The van der Waals surface area contributed by atoms with Gasteiger partial charge in [-0.15, -0.1) is 0 Å². The van der Waals surface area contributed by atoms with Crippen molar-refractivity contribution in [3.63, 3.8) is 0 Å². The van der Waals surface area contributed by atoms with Crippen LogP contribution < -0.4 is 5.32 Å². The highest BCUT2D eigenvalue weighted by Crippen LogP contribution is 2.33. The highest BCUT2D eigenvalue weighted by atomic mass is 32.2. The Hall–Kier alpha value is -0.980. The Morgan fingerprint density at radius 3 is 2.67 bits per heavy atom. The third kappa shape index (κ3) is 3.62. The summed E-state index contributed by atoms with van der Waals surface area (Å²) in [7, 11) is -3.54. The molecule has 2 rings (SSSR count). The zero-order chi connectivity index (χ0) is 15.7. The number of rotatable bonds is 5. The summed E-state index contributed by atoms with van der Waals surface area (Å²) >= 11 is 0. The summed E-state index contributed by atoms with van der Waals surface area (Å²) in [5.74, 6) is -0.378. The lowest BCUT2D eigenvalue weighted by atomic mass is 9.93. The minimum absolute atomic E-state index is 0.000301. The average molecular weight is 314 g/mol. The van der Waals surface area contributed by atoms with E-state index in [2.05, 4.69) is 19.2 Å². The van der Waals surface area contributed by atoms with Gasteiger partial charge in [0.2, 0.25) is 10.0 Å². The molecule has 1 aromatic carbocycles. The highest BCUT2D eigenvalue weighted by Gasteiger charge is 2.36. The molecular formula is C15H23FN2O2S. The molecule has 1 aliphatic heterocycles. The molecule has 4 nitrogen and oxygen atoms in total. The monoisotopic (exact) mass is 314 g/mol. The fourth-order valence-corrected chi connectivity index (χ4v) is 4.20. The van der Waals surface area contributed by atoms with E-state index in [9.17, 15) is 12.8 Å². The quantitative estimate of drug-likeness (QED) is 0.907. The Kier molecular flexibility index (Phi) is 4.70. The number of nitrogens with zero attached hydrogens (tertiary/aromatic N) is 1. The average Bonchev–Trinajstić information content (AvgIpc) is 2.78. The number of hydrogen-bond donors (Lipinski definition) is 1. The van der Waals surface area contributed by atoms with Crippen LogP contribution in [0.5, 0.6) is 0 Å². The van der Waals surface area contributed by atoms with E-state index in [4.69, 9.17) is 0 Å². The van der Waals surface area contributed by atoms with Crippen LogP contribution in [0.3, 0.4) is 0 Å². The number of sulfonamides is 1. The Morgan fingerprint density at radius 2 is 2.10 bits per heavy atom. The van der Waals surface area contributed by atoms with Crippen molar-refractivity contribution < 1.29 is 12.8 Å². The van der Waals surface area contributed by atoms with Gasteiger partial charge >= 0.3 is 0 Å². The summed E-state index contributed by atoms with van der Waals surface area (Å²) in [5.41, 5.74) is 0.385. The molecule has 0 aromatic heterocycles. The van der Waals surface area contributed by atoms with Crippen LogP contribution in [0.1, 0.15) is 32.8 Å². The van der Waals surface area contributed by atoms with Crippen molar-refractivity contribution in [1.82, 2.24) is 9.62 Å². The molecule has 0 saturated carbocycles. The molecule has 0 aliphatic carbocycles. The Bertz CT molecular complexity index is 614. The molecule has 1 aromatic rings. The topological polar surface area (TPSA) is 49.4 Å². The zero-order valence-electron chi connectivity index (χ0n) is 12.8. The van der Waals surface area contributed by atoms with Crippen molar-refractivity contribution >= 4 is 10.0 Å². The summed E-state index contributed by atoms with van der Waals surface area (Å²) in [5, 5.41) is 3.02. The van der Waals surface area contributed by atoms with Gasteiger partial charge in [0, 0.05) is 25.2 Å². The Balaban J connectivity index is 2.28. The third-order valence-corrected chi connectivity index (χ3v) is 5.70. The summed E-state index contributed by atoms with van der Waals surface area (Å²) in [4.78, 5) is 0.175. The second-order valence-corrected chi connectivity index (χ2v) is 8.22. The maximum Gasteiger partial charge on any atom is 0.243 e. The van der Waals surface area contributed by atoms with E-state index >= 15 is 0 Å². The standard InChI is InChI=1S/C15H23FN2O2S/c1-4-17-10-12-9-13(5-6-14(12)16)21(19,20)18-8-7-15(2,3)11-18/h5-6,9,17H,4,7-8,10-11H2,1-3H3. The molecule has 0 bridgehead atoms. The summed E-state index contributed by atoms with van der Waals surface area (Å²) < 4.78 is 40.5. The first kappa shape index (κ1) is 16.4. The Morgan fingerprint density at radius 1 is 1.38 bits per heavy atom. The molecule has 118 valence electrons. The molecular weight excluding hydrogens is 291 g/mol. The van der Waals surface area contributed by atoms with Crippen molar-refractivity contribution in [1.29, 1.82) is 0 Å². The fourth-order valence-electron chi connectivity index (χ4n) is 2.52. The summed E-state index contributed by atoms with van der Waals surface area (Å²) in [6.45, 7) is 8.11. The first-order valence-electron chi connectivity index (χ1n) is 7.25. The van der Waals surface area contributed by atoms with Crippen LogP contribution in [-0.2, 0) is 16.6 Å². The molecule has 0 amide bonds. The van der Waals surface area contributed by atoms with E-state index in [0.29, 0.717) is 31.7 Å². The number of hydrogen-bond acceptors (Lipinski definition) is 3. The molecule has 0 atom stereocenters. The van der Waals surface area contributed by atoms with E-state index in [0.717, 1.165) is 6.42 Å². The van der Waals surface area contributed by atoms with Crippen molar-refractivity contribution in [2.75, 3.05) is 19.6 Å². The molecule has 1 heterocycles. The van der Waals surface area contributed by atoms with Gasteiger partial charge in [-0.05, 0) is 36.6 Å². The second kappa shape index (κ2) is 6.02. The maximum absolute atomic E-state index is 13.7. The molecule has 21 heavy (non-hydrogen) atoms. The SMILES string of the molecule is CCNCc1cc(S(=O)(=O)N2CCC(C)(C)C2)ccc1F. The van der Waals surface area contributed by atoms with Gasteiger partial charge in [-0.2, -0.15) is 4.31 Å². The third-order valence-electron chi connectivity index (χ3n) is 3.86. The van der Waals surface area contributed by atoms with Crippen LogP contribution in [0.4, 0.5) is 4.39 Å². The van der Waals surface area contributed by atoms with E-state index in [-0.39, 0.29) is 16.1 Å². The van der Waals surface area contributed by atoms with Crippen molar-refractivity contribution in [3.8, 4) is 0 Å². The van der Waals surface area contributed by atoms with Crippen molar-refractivity contribution in [2.24, 2.45) is 5.41 Å². The van der Waals surface area contributed by atoms with Crippen molar-refractivity contribution in [2.45, 2.75) is 38.6 Å². The van der Waals surface area contributed by atoms with E-state index in [1.807, 2.05) is 6.92 Å². The normalized spacial score (nSPS) is 19.0. The van der Waals surface area contributed by atoms with Gasteiger partial charge in [-0.25, -0.2) is 12.8 Å². The summed E-state index contributed by atoms with van der Waals surface area (Å²) in [6, 6.07) is 4.03. The zero-order valence-corrected chi connectivity index (χ0v) is 13.6. The molecule has 1 fully saturated rings. The molecule has 0 spiro atoms. The van der Waals surface area contributed by atoms with Crippen LogP contribution in [0, 0.1) is 11.2 Å². The van der Waals surface area contributed by atoms with Crippen molar-refractivity contribution in [3.05, 3.63) is 29.6 Å². The number of nitrogens with one attached hydrogen (secondary N) is 1. The molecule has 1 N–H and O–H groups in total. The first-order chi connectivity index (χ1) is 9.76. The Labute approximate surface area is 126 Å². The van der Waals surface area contributed by atoms with Gasteiger partial charge in [0.1, 0.15) is 5.82 Å². The predicted molar refractivity (Wildman–Crippen MR) is 80.9 cm³/mol. The number of halogens is 1. The van der Waals surface area contributed by atoms with Crippen LogP contribution in [0.25, 0.3) is 0 Å². The smallest absolute Gasteiger partial charge is 0.243 e. The van der Waals surface area contributed by atoms with Gasteiger partial charge in [-0.3, -0.25) is 0 Å². The lowest BCUT2D eigenvalue weighted by Crippen LogP contribution is -2.30. The van der Waals surface area contributed by atoms with Crippen LogP contribution in [0.15, 0.2) is 23.1 Å². The lowest BCUT2D eigenvalue weighted by Gasteiger charge is -2.20.